The minimum atomic E-state index is -0.0848. The van der Waals surface area contributed by atoms with Crippen LogP contribution in [0.25, 0.3) is 0 Å². The number of ketones is 1. The van der Waals surface area contributed by atoms with Crippen molar-refractivity contribution in [2.24, 2.45) is 0 Å². The molecule has 2 nitrogen and oxygen atoms in total. The number of carbonyl (C=O) groups excluding carboxylic acids is 1. The molecule has 1 aliphatic heterocycles. The van der Waals surface area contributed by atoms with Crippen molar-refractivity contribution < 1.29 is 4.79 Å². The molecule has 1 unspecified atom stereocenters. The Morgan fingerprint density at radius 1 is 1.13 bits per heavy atom. The number of hydrogen-bond acceptors (Lipinski definition) is 3. The van der Waals surface area contributed by atoms with E-state index in [2.05, 4.69) is 31.1 Å². The van der Waals surface area contributed by atoms with Crippen molar-refractivity contribution in [3.8, 4) is 0 Å². The molecule has 1 heterocycles. The fourth-order valence-corrected chi connectivity index (χ4v) is 4.28. The molecule has 0 fully saturated rings. The summed E-state index contributed by atoms with van der Waals surface area (Å²) in [6.45, 7) is 0.988. The van der Waals surface area contributed by atoms with E-state index in [0.717, 1.165) is 35.4 Å². The molecule has 0 N–H and O–H groups in total. The maximum atomic E-state index is 13.1. The molecule has 2 aromatic rings. The van der Waals surface area contributed by atoms with E-state index in [1.54, 1.807) is 11.8 Å². The van der Waals surface area contributed by atoms with Crippen LogP contribution >= 0.6 is 23.4 Å². The number of carbonyl (C=O) groups is 1. The minimum Gasteiger partial charge on any atom is -0.309 e. The lowest BCUT2D eigenvalue weighted by Crippen LogP contribution is -2.17. The molecule has 4 heteroatoms. The maximum Gasteiger partial charge on any atom is 0.171 e. The van der Waals surface area contributed by atoms with Crippen LogP contribution in [0.1, 0.15) is 34.7 Å². The van der Waals surface area contributed by atoms with Gasteiger partial charge in [0.25, 0.3) is 0 Å². The zero-order valence-corrected chi connectivity index (χ0v) is 15.0. The van der Waals surface area contributed by atoms with E-state index in [1.807, 2.05) is 30.3 Å². The molecule has 0 aromatic heterocycles. The van der Waals surface area contributed by atoms with Gasteiger partial charge in [-0.1, -0.05) is 41.6 Å². The van der Waals surface area contributed by atoms with Crippen LogP contribution < -0.4 is 0 Å². The molecular weight excluding hydrogens is 326 g/mol. The third-order valence-electron chi connectivity index (χ3n) is 4.14. The molecule has 23 heavy (non-hydrogen) atoms. The first-order chi connectivity index (χ1) is 11.1. The maximum absolute atomic E-state index is 13.1. The molecular formula is C19H20ClNOS. The number of Topliss-reactive ketones (excluding diaryl/α,β-unsaturated/α-hetero) is 1. The van der Waals surface area contributed by atoms with Crippen molar-refractivity contribution in [1.29, 1.82) is 0 Å². The van der Waals surface area contributed by atoms with E-state index in [1.165, 1.54) is 4.90 Å². The Hall–Kier alpha value is -1.29. The van der Waals surface area contributed by atoms with E-state index in [9.17, 15) is 4.79 Å². The first-order valence-corrected chi connectivity index (χ1v) is 9.01. The number of halogens is 1. The Kier molecular flexibility index (Phi) is 5.10. The summed E-state index contributed by atoms with van der Waals surface area (Å²) in [5, 5.41) is 0.621. The molecule has 0 saturated carbocycles. The van der Waals surface area contributed by atoms with Gasteiger partial charge in [-0.3, -0.25) is 4.79 Å². The summed E-state index contributed by atoms with van der Waals surface area (Å²) < 4.78 is 0. The Labute approximate surface area is 146 Å². The monoisotopic (exact) mass is 345 g/mol. The van der Waals surface area contributed by atoms with Crippen LogP contribution in [0.5, 0.6) is 0 Å². The quantitative estimate of drug-likeness (QED) is 0.767. The highest BCUT2D eigenvalue weighted by Gasteiger charge is 2.29. The molecule has 120 valence electrons. The predicted molar refractivity (Wildman–Crippen MR) is 96.9 cm³/mol. The topological polar surface area (TPSA) is 20.3 Å². The predicted octanol–water partition coefficient (Wildman–Crippen LogP) is 5.11. The van der Waals surface area contributed by atoms with E-state index < -0.39 is 0 Å². The van der Waals surface area contributed by atoms with Gasteiger partial charge in [-0.2, -0.15) is 0 Å². The van der Waals surface area contributed by atoms with E-state index >= 15 is 0 Å². The summed E-state index contributed by atoms with van der Waals surface area (Å²) >= 11 is 7.80. The van der Waals surface area contributed by atoms with Crippen molar-refractivity contribution >= 4 is 29.1 Å². The fraction of sp³-hybridized carbons (Fsp3) is 0.316. The van der Waals surface area contributed by atoms with Gasteiger partial charge >= 0.3 is 0 Å². The molecule has 0 spiro atoms. The molecule has 3 rings (SSSR count). The van der Waals surface area contributed by atoms with Gasteiger partial charge in [-0.05, 0) is 63.3 Å². The largest absolute Gasteiger partial charge is 0.309 e. The van der Waals surface area contributed by atoms with Gasteiger partial charge in [-0.15, -0.1) is 0 Å². The molecule has 2 aromatic carbocycles. The van der Waals surface area contributed by atoms with Crippen LogP contribution in [0.3, 0.4) is 0 Å². The van der Waals surface area contributed by atoms with Crippen LogP contribution in [0.4, 0.5) is 0 Å². The van der Waals surface area contributed by atoms with Gasteiger partial charge in [0, 0.05) is 26.3 Å². The molecule has 0 amide bonds. The van der Waals surface area contributed by atoms with Crippen molar-refractivity contribution in [1.82, 2.24) is 4.90 Å². The third-order valence-corrected chi connectivity index (χ3v) is 5.54. The normalized spacial score (nSPS) is 16.9. The van der Waals surface area contributed by atoms with Crippen molar-refractivity contribution in [3.05, 3.63) is 58.6 Å². The summed E-state index contributed by atoms with van der Waals surface area (Å²) in [4.78, 5) is 17.5. The second-order valence-corrected chi connectivity index (χ2v) is 7.66. The highest BCUT2D eigenvalue weighted by molar-refractivity contribution is 7.99. The lowest BCUT2D eigenvalue weighted by atomic mass is 9.87. The Balaban J connectivity index is 2.00. The van der Waals surface area contributed by atoms with Crippen LogP contribution in [-0.4, -0.2) is 31.3 Å². The molecule has 0 bridgehead atoms. The van der Waals surface area contributed by atoms with Gasteiger partial charge in [0.05, 0.1) is 0 Å². The number of hydrogen-bond donors (Lipinski definition) is 0. The average molecular weight is 346 g/mol. The van der Waals surface area contributed by atoms with Crippen LogP contribution in [0.2, 0.25) is 5.02 Å². The number of nitrogens with zero attached hydrogens (tertiary/aromatic N) is 1. The van der Waals surface area contributed by atoms with Crippen LogP contribution in [0.15, 0.2) is 52.3 Å². The smallest absolute Gasteiger partial charge is 0.171 e. The first-order valence-electron chi connectivity index (χ1n) is 7.81. The van der Waals surface area contributed by atoms with Crippen LogP contribution in [0, 0.1) is 0 Å². The summed E-state index contributed by atoms with van der Waals surface area (Å²) in [7, 11) is 4.13. The number of fused-ring (bicyclic) bond motifs is 2. The van der Waals surface area contributed by atoms with Gasteiger partial charge < -0.3 is 4.90 Å². The highest BCUT2D eigenvalue weighted by Crippen LogP contribution is 2.43. The summed E-state index contributed by atoms with van der Waals surface area (Å²) in [6, 6.07) is 13.9. The zero-order valence-electron chi connectivity index (χ0n) is 13.4. The molecule has 0 aliphatic carbocycles. The third kappa shape index (κ3) is 3.63. The van der Waals surface area contributed by atoms with Crippen molar-refractivity contribution in [2.45, 2.75) is 28.6 Å². The Bertz CT molecular complexity index is 729. The number of benzene rings is 2. The summed E-state index contributed by atoms with van der Waals surface area (Å²) in [6.07, 6.45) is 1.86. The van der Waals surface area contributed by atoms with E-state index in [0.29, 0.717) is 5.02 Å². The summed E-state index contributed by atoms with van der Waals surface area (Å²) in [5.41, 5.74) is 1.90. The van der Waals surface area contributed by atoms with E-state index in [4.69, 9.17) is 11.6 Å². The molecule has 1 atom stereocenters. The second-order valence-electron chi connectivity index (χ2n) is 6.14. The van der Waals surface area contributed by atoms with Crippen molar-refractivity contribution in [3.63, 3.8) is 0 Å². The molecule has 0 saturated heterocycles. The minimum absolute atomic E-state index is 0.0848. The first kappa shape index (κ1) is 16.6. The Morgan fingerprint density at radius 2 is 1.91 bits per heavy atom. The second kappa shape index (κ2) is 7.08. The molecule has 1 aliphatic rings. The van der Waals surface area contributed by atoms with Crippen molar-refractivity contribution in [2.75, 3.05) is 20.6 Å². The summed E-state index contributed by atoms with van der Waals surface area (Å²) in [5.74, 6) is 0.108. The number of rotatable bonds is 4. The van der Waals surface area contributed by atoms with Gasteiger partial charge in [0.2, 0.25) is 0 Å². The lowest BCUT2D eigenvalue weighted by Gasteiger charge is -2.18. The average Bonchev–Trinajstić information content (AvgIpc) is 2.63. The van der Waals surface area contributed by atoms with E-state index in [-0.39, 0.29) is 11.7 Å². The lowest BCUT2D eigenvalue weighted by molar-refractivity contribution is 0.0949. The van der Waals surface area contributed by atoms with Gasteiger partial charge in [0.15, 0.2) is 5.78 Å². The van der Waals surface area contributed by atoms with Gasteiger partial charge in [-0.25, -0.2) is 0 Å². The molecule has 0 radical (unpaired) electrons. The highest BCUT2D eigenvalue weighted by atomic mass is 35.5. The van der Waals surface area contributed by atoms with Gasteiger partial charge in [0.1, 0.15) is 0 Å². The zero-order chi connectivity index (χ0) is 16.4. The SMILES string of the molecule is CN(C)CCCC1C(=O)c2cc(Cl)ccc2Sc2ccccc21. The van der Waals surface area contributed by atoms with Crippen LogP contribution in [-0.2, 0) is 0 Å². The standard InChI is InChI=1S/C19H20ClNOS/c1-21(2)11-5-7-15-14-6-3-4-8-17(14)23-18-10-9-13(20)12-16(18)19(15)22/h3-4,6,8-10,12,15H,5,7,11H2,1-2H3. The fourth-order valence-electron chi connectivity index (χ4n) is 2.99. The Morgan fingerprint density at radius 3 is 2.70 bits per heavy atom.